The van der Waals surface area contributed by atoms with E-state index in [9.17, 15) is 4.79 Å². The van der Waals surface area contributed by atoms with Crippen molar-refractivity contribution in [1.29, 1.82) is 0 Å². The molecule has 3 aromatic rings. The van der Waals surface area contributed by atoms with E-state index in [1.807, 2.05) is 24.3 Å². The highest BCUT2D eigenvalue weighted by atomic mass is 35.5. The number of hydrogen-bond acceptors (Lipinski definition) is 4. The summed E-state index contributed by atoms with van der Waals surface area (Å²) in [6.45, 7) is 4.03. The largest absolute Gasteiger partial charge is 0.478 e. The topological polar surface area (TPSA) is 42.7 Å². The van der Waals surface area contributed by atoms with Gasteiger partial charge in [-0.3, -0.25) is 4.90 Å². The first-order chi connectivity index (χ1) is 13.5. The van der Waals surface area contributed by atoms with Gasteiger partial charge in [-0.05, 0) is 48.2 Å². The lowest BCUT2D eigenvalue weighted by Crippen LogP contribution is -2.33. The molecule has 4 rings (SSSR count). The van der Waals surface area contributed by atoms with Crippen LogP contribution < -0.4 is 10.4 Å². The van der Waals surface area contributed by atoms with Crippen molar-refractivity contribution >= 4 is 34.2 Å². The standard InChI is InChI=1S/C22H21Cl2NO3/c1-2-3-15-10-21(26)28-22-17(15)6-7-20-18(22)12-25(13-27-20)9-8-14-4-5-16(23)11-19(14)24/h4-7,10-11H,2-3,8-9,12-13H2,1H3. The molecule has 0 saturated carbocycles. The van der Waals surface area contributed by atoms with Gasteiger partial charge >= 0.3 is 5.63 Å². The van der Waals surface area contributed by atoms with Crippen molar-refractivity contribution in [2.24, 2.45) is 0 Å². The molecule has 0 atom stereocenters. The highest BCUT2D eigenvalue weighted by Crippen LogP contribution is 2.33. The van der Waals surface area contributed by atoms with Crippen molar-refractivity contribution in [2.75, 3.05) is 13.3 Å². The van der Waals surface area contributed by atoms with E-state index in [0.29, 0.717) is 28.9 Å². The van der Waals surface area contributed by atoms with Gasteiger partial charge in [-0.25, -0.2) is 4.79 Å². The number of benzene rings is 2. The molecule has 0 saturated heterocycles. The smallest absolute Gasteiger partial charge is 0.336 e. The Labute approximate surface area is 173 Å². The molecule has 0 spiro atoms. The summed E-state index contributed by atoms with van der Waals surface area (Å²) in [5.41, 5.74) is 3.34. The first kappa shape index (κ1) is 19.3. The lowest BCUT2D eigenvalue weighted by Gasteiger charge is -2.29. The van der Waals surface area contributed by atoms with Gasteiger partial charge in [0.1, 0.15) is 18.1 Å². The number of aryl methyl sites for hydroxylation is 1. The van der Waals surface area contributed by atoms with Gasteiger partial charge in [-0.15, -0.1) is 0 Å². The van der Waals surface area contributed by atoms with E-state index in [1.165, 1.54) is 0 Å². The maximum absolute atomic E-state index is 12.1. The minimum absolute atomic E-state index is 0.311. The van der Waals surface area contributed by atoms with Crippen LogP contribution in [0, 0.1) is 0 Å². The molecule has 0 bridgehead atoms. The molecule has 2 heterocycles. The summed E-state index contributed by atoms with van der Waals surface area (Å²) >= 11 is 12.3. The van der Waals surface area contributed by atoms with Crippen LogP contribution >= 0.6 is 23.2 Å². The molecule has 2 aromatic carbocycles. The predicted octanol–water partition coefficient (Wildman–Crippen LogP) is 5.45. The molecule has 0 aliphatic carbocycles. The molecular weight excluding hydrogens is 397 g/mol. The Morgan fingerprint density at radius 3 is 2.71 bits per heavy atom. The number of hydrogen-bond donors (Lipinski definition) is 0. The zero-order valence-corrected chi connectivity index (χ0v) is 17.1. The summed E-state index contributed by atoms with van der Waals surface area (Å²) in [6, 6.07) is 11.1. The quantitative estimate of drug-likeness (QED) is 0.517. The molecule has 1 aromatic heterocycles. The van der Waals surface area contributed by atoms with E-state index >= 15 is 0 Å². The van der Waals surface area contributed by atoms with Crippen molar-refractivity contribution in [3.05, 3.63) is 73.6 Å². The Morgan fingerprint density at radius 2 is 1.93 bits per heavy atom. The maximum Gasteiger partial charge on any atom is 0.336 e. The molecule has 0 fully saturated rings. The van der Waals surface area contributed by atoms with Crippen molar-refractivity contribution in [1.82, 2.24) is 4.90 Å². The minimum atomic E-state index is -0.311. The van der Waals surface area contributed by atoms with Crippen molar-refractivity contribution in [3.63, 3.8) is 0 Å². The number of fused-ring (bicyclic) bond motifs is 3. The molecule has 0 N–H and O–H groups in total. The minimum Gasteiger partial charge on any atom is -0.478 e. The van der Waals surface area contributed by atoms with Crippen LogP contribution in [0.1, 0.15) is 30.0 Å². The molecule has 1 aliphatic rings. The molecule has 28 heavy (non-hydrogen) atoms. The Balaban J connectivity index is 1.60. The van der Waals surface area contributed by atoms with Crippen LogP contribution in [0.15, 0.2) is 45.6 Å². The molecular formula is C22H21Cl2NO3. The van der Waals surface area contributed by atoms with Crippen LogP contribution in [-0.4, -0.2) is 18.2 Å². The molecule has 0 unspecified atom stereocenters. The van der Waals surface area contributed by atoms with E-state index in [-0.39, 0.29) is 5.63 Å². The average Bonchev–Trinajstić information content (AvgIpc) is 2.67. The lowest BCUT2D eigenvalue weighted by molar-refractivity contribution is 0.0968. The Hall–Kier alpha value is -2.01. The van der Waals surface area contributed by atoms with Crippen LogP contribution in [0.25, 0.3) is 11.0 Å². The van der Waals surface area contributed by atoms with Gasteiger partial charge in [-0.1, -0.05) is 42.6 Å². The fourth-order valence-electron chi connectivity index (χ4n) is 3.67. The van der Waals surface area contributed by atoms with Gasteiger partial charge in [0.05, 0.1) is 5.56 Å². The SMILES string of the molecule is CCCc1cc(=O)oc2c3c(ccc12)OCN(CCc1ccc(Cl)cc1Cl)C3. The third kappa shape index (κ3) is 3.90. The van der Waals surface area contributed by atoms with Crippen molar-refractivity contribution in [2.45, 2.75) is 32.7 Å². The van der Waals surface area contributed by atoms with E-state index < -0.39 is 0 Å². The molecule has 6 heteroatoms. The number of ether oxygens (including phenoxy) is 1. The highest BCUT2D eigenvalue weighted by Gasteiger charge is 2.22. The third-order valence-electron chi connectivity index (χ3n) is 5.07. The maximum atomic E-state index is 12.1. The number of halogens is 2. The van der Waals surface area contributed by atoms with Gasteiger partial charge in [0.15, 0.2) is 0 Å². The second kappa shape index (κ2) is 8.16. The Morgan fingerprint density at radius 1 is 1.07 bits per heavy atom. The zero-order chi connectivity index (χ0) is 19.7. The lowest BCUT2D eigenvalue weighted by atomic mass is 10.0. The van der Waals surface area contributed by atoms with E-state index in [1.54, 1.807) is 12.1 Å². The number of nitrogens with zero attached hydrogens (tertiary/aromatic N) is 1. The van der Waals surface area contributed by atoms with Gasteiger partial charge in [-0.2, -0.15) is 0 Å². The summed E-state index contributed by atoms with van der Waals surface area (Å²) in [5, 5.41) is 2.30. The monoisotopic (exact) mass is 417 g/mol. The molecule has 146 valence electrons. The summed E-state index contributed by atoms with van der Waals surface area (Å²) in [7, 11) is 0. The number of rotatable bonds is 5. The Bertz CT molecular complexity index is 1080. The van der Waals surface area contributed by atoms with Crippen LogP contribution in [0.3, 0.4) is 0 Å². The fraction of sp³-hybridized carbons (Fsp3) is 0.318. The van der Waals surface area contributed by atoms with Gasteiger partial charge in [0.25, 0.3) is 0 Å². The summed E-state index contributed by atoms with van der Waals surface area (Å²) in [4.78, 5) is 14.3. The van der Waals surface area contributed by atoms with Crippen LogP contribution in [0.2, 0.25) is 10.0 Å². The fourth-order valence-corrected chi connectivity index (χ4v) is 4.17. The summed E-state index contributed by atoms with van der Waals surface area (Å²) in [5.74, 6) is 0.782. The molecule has 0 radical (unpaired) electrons. The van der Waals surface area contributed by atoms with Crippen LogP contribution in [0.5, 0.6) is 5.75 Å². The van der Waals surface area contributed by atoms with E-state index in [0.717, 1.165) is 53.6 Å². The van der Waals surface area contributed by atoms with Crippen LogP contribution in [0.4, 0.5) is 0 Å². The Kier molecular flexibility index (Phi) is 5.63. The first-order valence-corrected chi connectivity index (χ1v) is 10.2. The summed E-state index contributed by atoms with van der Waals surface area (Å²) < 4.78 is 11.5. The molecule has 0 amide bonds. The van der Waals surface area contributed by atoms with E-state index in [2.05, 4.69) is 11.8 Å². The van der Waals surface area contributed by atoms with Crippen LogP contribution in [-0.2, 0) is 19.4 Å². The highest BCUT2D eigenvalue weighted by molar-refractivity contribution is 6.35. The van der Waals surface area contributed by atoms with Crippen molar-refractivity contribution in [3.8, 4) is 5.75 Å². The van der Waals surface area contributed by atoms with Gasteiger partial charge < -0.3 is 9.15 Å². The third-order valence-corrected chi connectivity index (χ3v) is 5.66. The average molecular weight is 418 g/mol. The molecule has 1 aliphatic heterocycles. The first-order valence-electron chi connectivity index (χ1n) is 9.43. The molecule has 4 nitrogen and oxygen atoms in total. The van der Waals surface area contributed by atoms with Crippen molar-refractivity contribution < 1.29 is 9.15 Å². The summed E-state index contributed by atoms with van der Waals surface area (Å²) in [6.07, 6.45) is 2.60. The predicted molar refractivity (Wildman–Crippen MR) is 113 cm³/mol. The van der Waals surface area contributed by atoms with Gasteiger partial charge in [0.2, 0.25) is 0 Å². The second-order valence-corrected chi connectivity index (χ2v) is 7.91. The van der Waals surface area contributed by atoms with E-state index in [4.69, 9.17) is 32.4 Å². The normalized spacial score (nSPS) is 14.1. The van der Waals surface area contributed by atoms with Gasteiger partial charge in [0, 0.05) is 34.6 Å². The zero-order valence-electron chi connectivity index (χ0n) is 15.6. The second-order valence-electron chi connectivity index (χ2n) is 7.07.